The fraction of sp³-hybridized carbons (Fsp3) is 0.278. The van der Waals surface area contributed by atoms with Crippen molar-refractivity contribution in [3.8, 4) is 0 Å². The molecular formula is C18H21FN2S. The van der Waals surface area contributed by atoms with Gasteiger partial charge in [0.1, 0.15) is 5.82 Å². The maximum atomic E-state index is 13.5. The van der Waals surface area contributed by atoms with Crippen molar-refractivity contribution in [3.05, 3.63) is 65.5 Å². The van der Waals surface area contributed by atoms with Gasteiger partial charge in [-0.3, -0.25) is 0 Å². The smallest absolute Gasteiger partial charge is 0.171 e. The summed E-state index contributed by atoms with van der Waals surface area (Å²) >= 11 is 5.24. The molecule has 116 valence electrons. The Kier molecular flexibility index (Phi) is 5.90. The van der Waals surface area contributed by atoms with Gasteiger partial charge in [0, 0.05) is 17.8 Å². The lowest BCUT2D eigenvalue weighted by atomic mass is 9.99. The quantitative estimate of drug-likeness (QED) is 0.773. The fourth-order valence-corrected chi connectivity index (χ4v) is 2.31. The van der Waals surface area contributed by atoms with Crippen LogP contribution in [0.1, 0.15) is 37.3 Å². The molecule has 0 spiro atoms. The number of thiocarbonyl (C=S) groups is 1. The molecule has 2 rings (SSSR count). The molecule has 0 aliphatic heterocycles. The van der Waals surface area contributed by atoms with Crippen LogP contribution < -0.4 is 10.6 Å². The molecule has 0 amide bonds. The second kappa shape index (κ2) is 7.90. The van der Waals surface area contributed by atoms with E-state index in [1.165, 1.54) is 11.6 Å². The van der Waals surface area contributed by atoms with Crippen LogP contribution in [0.4, 0.5) is 10.1 Å². The van der Waals surface area contributed by atoms with Crippen molar-refractivity contribution in [2.24, 2.45) is 0 Å². The van der Waals surface area contributed by atoms with Gasteiger partial charge in [0.2, 0.25) is 0 Å². The molecule has 0 aliphatic carbocycles. The summed E-state index contributed by atoms with van der Waals surface area (Å²) in [5.74, 6) is 0.330. The highest BCUT2D eigenvalue weighted by atomic mass is 32.1. The molecule has 0 radical (unpaired) electrons. The van der Waals surface area contributed by atoms with Crippen LogP contribution in [0, 0.1) is 5.82 Å². The number of hydrogen-bond donors (Lipinski definition) is 2. The van der Waals surface area contributed by atoms with Crippen LogP contribution in [0.3, 0.4) is 0 Å². The first-order valence-corrected chi connectivity index (χ1v) is 7.89. The summed E-state index contributed by atoms with van der Waals surface area (Å²) in [5, 5.41) is 6.62. The van der Waals surface area contributed by atoms with Crippen molar-refractivity contribution in [1.82, 2.24) is 5.32 Å². The van der Waals surface area contributed by atoms with Gasteiger partial charge in [-0.15, -0.1) is 0 Å². The first-order chi connectivity index (χ1) is 10.6. The van der Waals surface area contributed by atoms with E-state index >= 15 is 0 Å². The minimum Gasteiger partial charge on any atom is -0.358 e. The maximum Gasteiger partial charge on any atom is 0.171 e. The van der Waals surface area contributed by atoms with E-state index in [1.54, 1.807) is 12.1 Å². The molecule has 0 aliphatic rings. The third kappa shape index (κ3) is 4.53. The topological polar surface area (TPSA) is 24.1 Å². The minimum absolute atomic E-state index is 0.226. The van der Waals surface area contributed by atoms with Crippen molar-refractivity contribution in [2.75, 3.05) is 5.32 Å². The van der Waals surface area contributed by atoms with Crippen molar-refractivity contribution in [1.29, 1.82) is 0 Å². The number of nitrogens with one attached hydrogen (secondary N) is 2. The van der Waals surface area contributed by atoms with Gasteiger partial charge in [0.15, 0.2) is 5.11 Å². The second-order valence-corrected chi connectivity index (χ2v) is 5.74. The van der Waals surface area contributed by atoms with E-state index in [0.29, 0.717) is 23.1 Å². The van der Waals surface area contributed by atoms with Gasteiger partial charge in [-0.1, -0.05) is 44.2 Å². The van der Waals surface area contributed by atoms with Gasteiger partial charge >= 0.3 is 0 Å². The van der Waals surface area contributed by atoms with E-state index < -0.39 is 0 Å². The molecule has 0 saturated heterocycles. The van der Waals surface area contributed by atoms with Crippen LogP contribution in [-0.2, 0) is 6.54 Å². The first kappa shape index (κ1) is 16.4. The molecule has 0 aromatic heterocycles. The Bertz CT molecular complexity index is 625. The van der Waals surface area contributed by atoms with Gasteiger partial charge in [-0.25, -0.2) is 4.39 Å². The molecule has 0 heterocycles. The van der Waals surface area contributed by atoms with Crippen LogP contribution in [0.5, 0.6) is 0 Å². The molecule has 2 aromatic rings. The summed E-state index contributed by atoms with van der Waals surface area (Å²) in [6, 6.07) is 14.9. The summed E-state index contributed by atoms with van der Waals surface area (Å²) in [6.07, 6.45) is 1.12. The van der Waals surface area contributed by atoms with Crippen LogP contribution >= 0.6 is 12.2 Å². The Morgan fingerprint density at radius 3 is 2.45 bits per heavy atom. The molecule has 1 atom stereocenters. The molecule has 2 aromatic carbocycles. The Hall–Kier alpha value is -1.94. The lowest BCUT2D eigenvalue weighted by molar-refractivity contribution is 0.606. The van der Waals surface area contributed by atoms with Gasteiger partial charge in [0.05, 0.1) is 0 Å². The molecule has 0 fully saturated rings. The average Bonchev–Trinajstić information content (AvgIpc) is 2.54. The van der Waals surface area contributed by atoms with E-state index in [4.69, 9.17) is 12.2 Å². The van der Waals surface area contributed by atoms with Gasteiger partial charge in [0.25, 0.3) is 0 Å². The molecule has 2 nitrogen and oxygen atoms in total. The summed E-state index contributed by atoms with van der Waals surface area (Å²) in [4.78, 5) is 0. The lowest BCUT2D eigenvalue weighted by Gasteiger charge is -2.13. The van der Waals surface area contributed by atoms with Crippen molar-refractivity contribution in [3.63, 3.8) is 0 Å². The Balaban J connectivity index is 1.88. The van der Waals surface area contributed by atoms with Gasteiger partial charge < -0.3 is 10.6 Å². The van der Waals surface area contributed by atoms with Crippen molar-refractivity contribution >= 4 is 23.0 Å². The fourth-order valence-electron chi connectivity index (χ4n) is 2.12. The third-order valence-corrected chi connectivity index (χ3v) is 3.99. The zero-order chi connectivity index (χ0) is 15.9. The Labute approximate surface area is 136 Å². The third-order valence-electron chi connectivity index (χ3n) is 3.75. The summed E-state index contributed by atoms with van der Waals surface area (Å²) in [7, 11) is 0. The SMILES string of the molecule is CCC(C)c1ccc(NC(=S)NCc2ccccc2F)cc1. The van der Waals surface area contributed by atoms with Crippen LogP contribution in [0.15, 0.2) is 48.5 Å². The number of halogens is 1. The highest BCUT2D eigenvalue weighted by Gasteiger charge is 2.04. The van der Waals surface area contributed by atoms with E-state index in [9.17, 15) is 4.39 Å². The number of hydrogen-bond acceptors (Lipinski definition) is 1. The molecular weight excluding hydrogens is 295 g/mol. The number of anilines is 1. The van der Waals surface area contributed by atoms with Gasteiger partial charge in [-0.05, 0) is 48.3 Å². The van der Waals surface area contributed by atoms with Crippen LogP contribution in [-0.4, -0.2) is 5.11 Å². The average molecular weight is 316 g/mol. The summed E-state index contributed by atoms with van der Waals surface area (Å²) < 4.78 is 13.5. The highest BCUT2D eigenvalue weighted by Crippen LogP contribution is 2.20. The molecule has 4 heteroatoms. The summed E-state index contributed by atoms with van der Waals surface area (Å²) in [6.45, 7) is 4.76. The highest BCUT2D eigenvalue weighted by molar-refractivity contribution is 7.80. The Morgan fingerprint density at radius 2 is 1.82 bits per heavy atom. The predicted octanol–water partition coefficient (Wildman–Crippen LogP) is 4.83. The zero-order valence-corrected chi connectivity index (χ0v) is 13.7. The molecule has 1 unspecified atom stereocenters. The standard InChI is InChI=1S/C18H21FN2S/c1-3-13(2)14-8-10-16(11-9-14)21-18(22)20-12-15-6-4-5-7-17(15)19/h4-11,13H,3,12H2,1-2H3,(H2,20,21,22). The molecule has 22 heavy (non-hydrogen) atoms. The number of benzene rings is 2. The predicted molar refractivity (Wildman–Crippen MR) is 94.6 cm³/mol. The first-order valence-electron chi connectivity index (χ1n) is 7.48. The molecule has 2 N–H and O–H groups in total. The van der Waals surface area contributed by atoms with Gasteiger partial charge in [-0.2, -0.15) is 0 Å². The normalized spacial score (nSPS) is 11.8. The zero-order valence-electron chi connectivity index (χ0n) is 12.9. The monoisotopic (exact) mass is 316 g/mol. The second-order valence-electron chi connectivity index (χ2n) is 5.33. The van der Waals surface area contributed by atoms with Crippen LogP contribution in [0.2, 0.25) is 0 Å². The van der Waals surface area contributed by atoms with E-state index in [2.05, 4.69) is 36.6 Å². The Morgan fingerprint density at radius 1 is 1.14 bits per heavy atom. The number of rotatable bonds is 5. The maximum absolute atomic E-state index is 13.5. The van der Waals surface area contributed by atoms with E-state index in [0.717, 1.165) is 12.1 Å². The molecule has 0 saturated carbocycles. The summed E-state index contributed by atoms with van der Waals surface area (Å²) in [5.41, 5.74) is 2.84. The van der Waals surface area contributed by atoms with Crippen LogP contribution in [0.25, 0.3) is 0 Å². The van der Waals surface area contributed by atoms with E-state index in [-0.39, 0.29) is 5.82 Å². The largest absolute Gasteiger partial charge is 0.358 e. The van der Waals surface area contributed by atoms with E-state index in [1.807, 2.05) is 18.2 Å². The minimum atomic E-state index is -0.226. The van der Waals surface area contributed by atoms with Crippen molar-refractivity contribution < 1.29 is 4.39 Å². The molecule has 0 bridgehead atoms. The lowest BCUT2D eigenvalue weighted by Crippen LogP contribution is -2.28. The van der Waals surface area contributed by atoms with Crippen molar-refractivity contribution in [2.45, 2.75) is 32.7 Å².